The number of carbonyl (C=O) groups is 1. The molecule has 1 amide bonds. The standard InChI is InChI=1S/C20H21N5O2/c1-13-10-22-18(12-21-13)20(26)24-17-4-3-5-19-16(17)11-23-25(19)14-6-8-15(27-2)9-7-14/h6-12,17H,3-5H2,1-2H3,(H,24,26)/t17-/m0/s1. The van der Waals surface area contributed by atoms with Gasteiger partial charge >= 0.3 is 0 Å². The number of ether oxygens (including phenoxy) is 1. The van der Waals surface area contributed by atoms with Crippen molar-refractivity contribution in [1.29, 1.82) is 0 Å². The highest BCUT2D eigenvalue weighted by Gasteiger charge is 2.26. The number of aromatic nitrogens is 4. The van der Waals surface area contributed by atoms with Gasteiger partial charge in [0.2, 0.25) is 0 Å². The van der Waals surface area contributed by atoms with Gasteiger partial charge in [0.25, 0.3) is 5.91 Å². The summed E-state index contributed by atoms with van der Waals surface area (Å²) in [6.07, 6.45) is 7.76. The molecule has 0 aliphatic heterocycles. The van der Waals surface area contributed by atoms with Crippen LogP contribution in [-0.4, -0.2) is 32.8 Å². The zero-order valence-electron chi connectivity index (χ0n) is 15.3. The SMILES string of the molecule is COc1ccc(-n2ncc3c2CCC[C@@H]3NC(=O)c2cnc(C)cn2)cc1. The van der Waals surface area contributed by atoms with E-state index in [-0.39, 0.29) is 11.9 Å². The van der Waals surface area contributed by atoms with Crippen molar-refractivity contribution in [2.75, 3.05) is 7.11 Å². The molecule has 27 heavy (non-hydrogen) atoms. The number of fused-ring (bicyclic) bond motifs is 1. The number of nitrogens with zero attached hydrogens (tertiary/aromatic N) is 4. The fourth-order valence-corrected chi connectivity index (χ4v) is 3.39. The Bertz CT molecular complexity index is 948. The minimum absolute atomic E-state index is 0.0728. The third-order valence-electron chi connectivity index (χ3n) is 4.82. The Morgan fingerprint density at radius 1 is 1.19 bits per heavy atom. The van der Waals surface area contributed by atoms with Crippen LogP contribution in [0.1, 0.15) is 46.3 Å². The van der Waals surface area contributed by atoms with E-state index in [1.807, 2.05) is 42.1 Å². The molecule has 2 aromatic heterocycles. The second kappa shape index (κ2) is 7.19. The summed E-state index contributed by atoms with van der Waals surface area (Å²) in [6.45, 7) is 1.84. The van der Waals surface area contributed by atoms with Crippen LogP contribution in [0.3, 0.4) is 0 Å². The van der Waals surface area contributed by atoms with Gasteiger partial charge in [0.1, 0.15) is 11.4 Å². The van der Waals surface area contributed by atoms with Crippen molar-refractivity contribution in [3.63, 3.8) is 0 Å². The molecule has 138 valence electrons. The van der Waals surface area contributed by atoms with E-state index in [1.54, 1.807) is 13.3 Å². The van der Waals surface area contributed by atoms with Gasteiger partial charge in [-0.2, -0.15) is 5.10 Å². The maximum Gasteiger partial charge on any atom is 0.271 e. The van der Waals surface area contributed by atoms with E-state index in [0.29, 0.717) is 5.69 Å². The molecule has 7 heteroatoms. The first-order valence-corrected chi connectivity index (χ1v) is 8.96. The van der Waals surface area contributed by atoms with Crippen LogP contribution in [0, 0.1) is 6.92 Å². The molecule has 0 fully saturated rings. The first-order chi connectivity index (χ1) is 13.2. The highest BCUT2D eigenvalue weighted by molar-refractivity contribution is 5.92. The maximum atomic E-state index is 12.5. The normalized spacial score (nSPS) is 15.9. The first kappa shape index (κ1) is 17.2. The van der Waals surface area contributed by atoms with Crippen LogP contribution in [0.4, 0.5) is 0 Å². The molecule has 1 N–H and O–H groups in total. The molecule has 0 saturated heterocycles. The Morgan fingerprint density at radius 3 is 2.70 bits per heavy atom. The van der Waals surface area contributed by atoms with Crippen molar-refractivity contribution < 1.29 is 9.53 Å². The van der Waals surface area contributed by atoms with Crippen molar-refractivity contribution >= 4 is 5.91 Å². The highest BCUT2D eigenvalue weighted by Crippen LogP contribution is 2.31. The van der Waals surface area contributed by atoms with E-state index >= 15 is 0 Å². The lowest BCUT2D eigenvalue weighted by Gasteiger charge is -2.24. The van der Waals surface area contributed by atoms with Gasteiger partial charge in [0, 0.05) is 17.5 Å². The number of hydrogen-bond donors (Lipinski definition) is 1. The fraction of sp³-hybridized carbons (Fsp3) is 0.300. The Morgan fingerprint density at radius 2 is 2.00 bits per heavy atom. The molecule has 3 aromatic rings. The number of aryl methyl sites for hydroxylation is 1. The summed E-state index contributed by atoms with van der Waals surface area (Å²) in [4.78, 5) is 20.8. The van der Waals surface area contributed by atoms with Crippen molar-refractivity contribution in [2.24, 2.45) is 0 Å². The lowest BCUT2D eigenvalue weighted by molar-refractivity contribution is 0.0927. The lowest BCUT2D eigenvalue weighted by Crippen LogP contribution is -2.31. The summed E-state index contributed by atoms with van der Waals surface area (Å²) in [5, 5.41) is 7.64. The second-order valence-corrected chi connectivity index (χ2v) is 6.62. The third kappa shape index (κ3) is 3.40. The number of nitrogens with one attached hydrogen (secondary N) is 1. The molecule has 0 spiro atoms. The quantitative estimate of drug-likeness (QED) is 0.771. The summed E-state index contributed by atoms with van der Waals surface area (Å²) in [6, 6.07) is 7.73. The molecule has 1 aromatic carbocycles. The number of benzene rings is 1. The average molecular weight is 363 g/mol. The molecule has 4 rings (SSSR count). The Hall–Kier alpha value is -3.22. The molecule has 7 nitrogen and oxygen atoms in total. The molecule has 1 aliphatic carbocycles. The number of rotatable bonds is 4. The van der Waals surface area contributed by atoms with Crippen molar-refractivity contribution in [3.8, 4) is 11.4 Å². The van der Waals surface area contributed by atoms with Crippen LogP contribution in [0.5, 0.6) is 5.75 Å². The third-order valence-corrected chi connectivity index (χ3v) is 4.82. The predicted molar refractivity (Wildman–Crippen MR) is 100 cm³/mol. The minimum atomic E-state index is -0.211. The monoisotopic (exact) mass is 363 g/mol. The second-order valence-electron chi connectivity index (χ2n) is 6.62. The van der Waals surface area contributed by atoms with Gasteiger partial charge in [0.15, 0.2) is 0 Å². The lowest BCUT2D eigenvalue weighted by atomic mass is 9.92. The molecule has 0 bridgehead atoms. The van der Waals surface area contributed by atoms with E-state index < -0.39 is 0 Å². The average Bonchev–Trinajstić information content (AvgIpc) is 3.14. The van der Waals surface area contributed by atoms with Crippen LogP contribution in [0.2, 0.25) is 0 Å². The Labute approximate surface area is 157 Å². The maximum absolute atomic E-state index is 12.5. The molecule has 0 saturated carbocycles. The van der Waals surface area contributed by atoms with Gasteiger partial charge in [-0.3, -0.25) is 9.78 Å². The van der Waals surface area contributed by atoms with Crippen molar-refractivity contribution in [3.05, 3.63) is 65.5 Å². The smallest absolute Gasteiger partial charge is 0.271 e. The molecular formula is C20H21N5O2. The molecule has 2 heterocycles. The van der Waals surface area contributed by atoms with Gasteiger partial charge < -0.3 is 10.1 Å². The van der Waals surface area contributed by atoms with Crippen molar-refractivity contribution in [1.82, 2.24) is 25.1 Å². The van der Waals surface area contributed by atoms with Gasteiger partial charge in [-0.1, -0.05) is 0 Å². The summed E-state index contributed by atoms with van der Waals surface area (Å²) >= 11 is 0. The minimum Gasteiger partial charge on any atom is -0.497 e. The van der Waals surface area contributed by atoms with E-state index in [4.69, 9.17) is 4.74 Å². The zero-order chi connectivity index (χ0) is 18.8. The Balaban J connectivity index is 1.57. The van der Waals surface area contributed by atoms with E-state index in [2.05, 4.69) is 20.4 Å². The van der Waals surface area contributed by atoms with Crippen LogP contribution in [-0.2, 0) is 6.42 Å². The fourth-order valence-electron chi connectivity index (χ4n) is 3.39. The van der Waals surface area contributed by atoms with E-state index in [9.17, 15) is 4.79 Å². The predicted octanol–water partition coefficient (Wildman–Crippen LogP) is 2.79. The van der Waals surface area contributed by atoms with Crippen molar-refractivity contribution in [2.45, 2.75) is 32.2 Å². The summed E-state index contributed by atoms with van der Waals surface area (Å²) in [7, 11) is 1.65. The molecule has 1 aliphatic rings. The Kier molecular flexibility index (Phi) is 4.58. The highest BCUT2D eigenvalue weighted by atomic mass is 16.5. The topological polar surface area (TPSA) is 81.9 Å². The zero-order valence-corrected chi connectivity index (χ0v) is 15.3. The largest absolute Gasteiger partial charge is 0.497 e. The molecular weight excluding hydrogens is 342 g/mol. The van der Waals surface area contributed by atoms with Gasteiger partial charge in [0.05, 0.1) is 36.9 Å². The molecule has 1 atom stereocenters. The van der Waals surface area contributed by atoms with E-state index in [0.717, 1.165) is 47.7 Å². The first-order valence-electron chi connectivity index (χ1n) is 8.96. The van der Waals surface area contributed by atoms with Gasteiger partial charge in [-0.05, 0) is 50.5 Å². The number of amides is 1. The van der Waals surface area contributed by atoms with E-state index in [1.165, 1.54) is 6.20 Å². The van der Waals surface area contributed by atoms with Crippen LogP contribution in [0.25, 0.3) is 5.69 Å². The van der Waals surface area contributed by atoms with Gasteiger partial charge in [-0.15, -0.1) is 0 Å². The summed E-state index contributed by atoms with van der Waals surface area (Å²) < 4.78 is 7.16. The van der Waals surface area contributed by atoms with Crippen LogP contribution in [0.15, 0.2) is 42.9 Å². The number of carbonyl (C=O) groups excluding carboxylic acids is 1. The molecule has 0 radical (unpaired) electrons. The number of hydrogen-bond acceptors (Lipinski definition) is 5. The summed E-state index contributed by atoms with van der Waals surface area (Å²) in [5.41, 5.74) is 4.29. The van der Waals surface area contributed by atoms with Crippen LogP contribution >= 0.6 is 0 Å². The molecule has 0 unspecified atom stereocenters. The van der Waals surface area contributed by atoms with Crippen LogP contribution < -0.4 is 10.1 Å². The number of methoxy groups -OCH3 is 1. The summed E-state index contributed by atoms with van der Waals surface area (Å²) in [5.74, 6) is 0.599. The van der Waals surface area contributed by atoms with Gasteiger partial charge in [-0.25, -0.2) is 9.67 Å².